The number of hydrogen-bond acceptors (Lipinski definition) is 5. The third-order valence-corrected chi connectivity index (χ3v) is 5.37. The molecule has 172 valence electrons. The smallest absolute Gasteiger partial charge is 0.311 e. The first-order chi connectivity index (χ1) is 16.0. The number of nitrogens with zero attached hydrogens (tertiary/aromatic N) is 2. The minimum absolute atomic E-state index is 0.0323. The van der Waals surface area contributed by atoms with Crippen molar-refractivity contribution in [3.8, 4) is 5.75 Å². The number of pyridine rings is 1. The van der Waals surface area contributed by atoms with Gasteiger partial charge in [0.1, 0.15) is 6.54 Å². The third kappa shape index (κ3) is 6.60. The van der Waals surface area contributed by atoms with Gasteiger partial charge in [0.2, 0.25) is 17.1 Å². The molecular weight excluding hydrogens is 420 g/mol. The number of unbranched alkanes of at least 4 members (excludes halogenated alkanes) is 2. The number of carbonyl (C=O) groups is 1. The van der Waals surface area contributed by atoms with Crippen LogP contribution in [0.4, 0.5) is 5.69 Å². The van der Waals surface area contributed by atoms with Gasteiger partial charge in [0.15, 0.2) is 5.75 Å². The van der Waals surface area contributed by atoms with Gasteiger partial charge in [-0.2, -0.15) is 4.57 Å². The topological polar surface area (TPSA) is 122 Å². The van der Waals surface area contributed by atoms with E-state index in [0.717, 1.165) is 42.4 Å². The maximum Gasteiger partial charge on any atom is 0.311 e. The molecule has 3 aromatic rings. The summed E-state index contributed by atoms with van der Waals surface area (Å²) in [6, 6.07) is 16.5. The molecule has 0 saturated heterocycles. The van der Waals surface area contributed by atoms with Crippen LogP contribution in [0.5, 0.6) is 5.75 Å². The average Bonchev–Trinajstić information content (AvgIpc) is 2.82. The Bertz CT molecular complexity index is 1160. The number of para-hydroxylation sites is 1. The van der Waals surface area contributed by atoms with Gasteiger partial charge in [0.25, 0.3) is 0 Å². The number of nitrogens with two attached hydrogens (primary N) is 1. The summed E-state index contributed by atoms with van der Waals surface area (Å²) in [6.07, 6.45) is 6.85. The highest BCUT2D eigenvalue weighted by Crippen LogP contribution is 2.27. The standard InChI is InChI=1S/C25H28N4O4/c26-15-16-27-25(31)8-2-1-5-17-28-21(13-11-20-6-3-4-7-22(20)28)12-9-19-10-14-24(30)23(18-19)29(32)33/h3-4,6-7,9-14,18H,1-2,5,8,15-17,26H2,(H,27,31)/p+1. The van der Waals surface area contributed by atoms with Crippen LogP contribution in [-0.4, -0.2) is 29.0 Å². The zero-order valence-electron chi connectivity index (χ0n) is 18.4. The van der Waals surface area contributed by atoms with Gasteiger partial charge in [-0.05, 0) is 42.7 Å². The lowest BCUT2D eigenvalue weighted by molar-refractivity contribution is -0.673. The summed E-state index contributed by atoms with van der Waals surface area (Å²) in [5.74, 6) is -0.320. The number of benzene rings is 2. The molecule has 8 nitrogen and oxygen atoms in total. The van der Waals surface area contributed by atoms with Crippen LogP contribution in [0, 0.1) is 10.1 Å². The predicted molar refractivity (Wildman–Crippen MR) is 128 cm³/mol. The first kappa shape index (κ1) is 23.9. The Labute approximate surface area is 192 Å². The SMILES string of the molecule is NCCNC(=O)CCCCC[n+]1c(/C=C/c2ccc(O)c([N+](=O)[O-])c2)ccc2ccccc21. The number of nitrogens with one attached hydrogen (secondary N) is 1. The lowest BCUT2D eigenvalue weighted by Gasteiger charge is -2.06. The summed E-state index contributed by atoms with van der Waals surface area (Å²) in [6.45, 7) is 1.73. The summed E-state index contributed by atoms with van der Waals surface area (Å²) in [5.41, 5.74) is 7.77. The van der Waals surface area contributed by atoms with E-state index in [1.807, 2.05) is 30.3 Å². The van der Waals surface area contributed by atoms with Crippen molar-refractivity contribution in [1.29, 1.82) is 0 Å². The van der Waals surface area contributed by atoms with Gasteiger partial charge in [-0.25, -0.2) is 0 Å². The van der Waals surface area contributed by atoms with Crippen LogP contribution in [0.1, 0.15) is 36.9 Å². The molecule has 0 fully saturated rings. The molecule has 0 spiro atoms. The Morgan fingerprint density at radius 1 is 1.09 bits per heavy atom. The molecule has 3 rings (SSSR count). The number of nitro groups is 1. The molecule has 0 radical (unpaired) electrons. The van der Waals surface area contributed by atoms with Gasteiger partial charge in [-0.1, -0.05) is 18.2 Å². The second-order valence-electron chi connectivity index (χ2n) is 7.76. The molecule has 2 aromatic carbocycles. The number of aromatic nitrogens is 1. The van der Waals surface area contributed by atoms with Crippen LogP contribution in [0.25, 0.3) is 23.1 Å². The Morgan fingerprint density at radius 2 is 1.91 bits per heavy atom. The molecule has 33 heavy (non-hydrogen) atoms. The van der Waals surface area contributed by atoms with Crippen LogP contribution in [0.2, 0.25) is 0 Å². The molecule has 1 amide bonds. The molecule has 1 aromatic heterocycles. The van der Waals surface area contributed by atoms with E-state index in [1.54, 1.807) is 12.1 Å². The largest absolute Gasteiger partial charge is 0.502 e. The number of fused-ring (bicyclic) bond motifs is 1. The fourth-order valence-electron chi connectivity index (χ4n) is 3.68. The van der Waals surface area contributed by atoms with Gasteiger partial charge < -0.3 is 16.2 Å². The number of aromatic hydroxyl groups is 1. The summed E-state index contributed by atoms with van der Waals surface area (Å²) < 4.78 is 2.22. The number of rotatable bonds is 11. The minimum Gasteiger partial charge on any atom is -0.502 e. The van der Waals surface area contributed by atoms with E-state index < -0.39 is 4.92 Å². The normalized spacial score (nSPS) is 11.2. The quantitative estimate of drug-likeness (QED) is 0.179. The molecule has 4 N–H and O–H groups in total. The number of carbonyl (C=O) groups excluding carboxylic acids is 1. The van der Waals surface area contributed by atoms with Crippen LogP contribution in [0.3, 0.4) is 0 Å². The van der Waals surface area contributed by atoms with E-state index in [4.69, 9.17) is 5.73 Å². The zero-order chi connectivity index (χ0) is 23.6. The second-order valence-corrected chi connectivity index (χ2v) is 7.76. The zero-order valence-corrected chi connectivity index (χ0v) is 18.4. The van der Waals surface area contributed by atoms with Crippen molar-refractivity contribution >= 4 is 34.6 Å². The lowest BCUT2D eigenvalue weighted by Crippen LogP contribution is -2.38. The summed E-state index contributed by atoms with van der Waals surface area (Å²) in [4.78, 5) is 22.2. The molecule has 0 aliphatic rings. The minimum atomic E-state index is -0.598. The van der Waals surface area contributed by atoms with Crippen molar-refractivity contribution in [3.63, 3.8) is 0 Å². The highest BCUT2D eigenvalue weighted by atomic mass is 16.6. The maximum absolute atomic E-state index is 11.7. The van der Waals surface area contributed by atoms with E-state index in [1.165, 1.54) is 12.1 Å². The highest BCUT2D eigenvalue weighted by molar-refractivity contribution is 5.77. The monoisotopic (exact) mass is 449 g/mol. The fraction of sp³-hybridized carbons (Fsp3) is 0.280. The molecule has 0 aliphatic carbocycles. The Hall–Kier alpha value is -3.78. The van der Waals surface area contributed by atoms with E-state index in [2.05, 4.69) is 22.0 Å². The van der Waals surface area contributed by atoms with Crippen molar-refractivity contribution in [2.75, 3.05) is 13.1 Å². The second kappa shape index (κ2) is 11.7. The van der Waals surface area contributed by atoms with Crippen molar-refractivity contribution in [3.05, 3.63) is 76.0 Å². The van der Waals surface area contributed by atoms with Gasteiger partial charge in [0.05, 0.1) is 4.92 Å². The number of amides is 1. The van der Waals surface area contributed by atoms with Gasteiger partial charge in [0, 0.05) is 55.6 Å². The summed E-state index contributed by atoms with van der Waals surface area (Å²) in [5, 5.41) is 24.7. The summed E-state index contributed by atoms with van der Waals surface area (Å²) in [7, 11) is 0. The van der Waals surface area contributed by atoms with E-state index in [9.17, 15) is 20.0 Å². The van der Waals surface area contributed by atoms with E-state index in [-0.39, 0.29) is 17.3 Å². The third-order valence-electron chi connectivity index (χ3n) is 5.37. The van der Waals surface area contributed by atoms with Gasteiger partial charge >= 0.3 is 5.69 Å². The van der Waals surface area contributed by atoms with E-state index in [0.29, 0.717) is 25.1 Å². The number of hydrogen-bond donors (Lipinski definition) is 3. The maximum atomic E-state index is 11.7. The van der Waals surface area contributed by atoms with E-state index >= 15 is 0 Å². The van der Waals surface area contributed by atoms with Gasteiger partial charge in [-0.3, -0.25) is 14.9 Å². The lowest BCUT2D eigenvalue weighted by atomic mass is 10.1. The number of phenolic OH excluding ortho intramolecular Hbond substituents is 1. The molecule has 8 heteroatoms. The number of nitro benzene ring substituents is 1. The van der Waals surface area contributed by atoms with Crippen molar-refractivity contribution in [2.45, 2.75) is 32.2 Å². The van der Waals surface area contributed by atoms with Crippen LogP contribution < -0.4 is 15.6 Å². The first-order valence-corrected chi connectivity index (χ1v) is 11.0. The first-order valence-electron chi connectivity index (χ1n) is 11.0. The Morgan fingerprint density at radius 3 is 2.70 bits per heavy atom. The Kier molecular flexibility index (Phi) is 8.49. The summed E-state index contributed by atoms with van der Waals surface area (Å²) >= 11 is 0. The van der Waals surface area contributed by atoms with Crippen LogP contribution in [-0.2, 0) is 11.3 Å². The number of phenols is 1. The molecular formula is C25H29N4O4+. The van der Waals surface area contributed by atoms with Crippen LogP contribution >= 0.6 is 0 Å². The molecule has 0 aliphatic heterocycles. The predicted octanol–water partition coefficient (Wildman–Crippen LogP) is 3.55. The molecule has 0 unspecified atom stereocenters. The van der Waals surface area contributed by atoms with Crippen molar-refractivity contribution in [1.82, 2.24) is 5.32 Å². The highest BCUT2D eigenvalue weighted by Gasteiger charge is 2.15. The fourth-order valence-corrected chi connectivity index (χ4v) is 3.68. The van der Waals surface area contributed by atoms with Gasteiger partial charge in [-0.15, -0.1) is 0 Å². The molecule has 0 saturated carbocycles. The molecule has 0 bridgehead atoms. The Balaban J connectivity index is 1.75. The van der Waals surface area contributed by atoms with Crippen LogP contribution in [0.15, 0.2) is 54.6 Å². The molecule has 1 heterocycles. The van der Waals surface area contributed by atoms with Crippen molar-refractivity contribution in [2.24, 2.45) is 5.73 Å². The number of aryl methyl sites for hydroxylation is 1. The van der Waals surface area contributed by atoms with Crippen molar-refractivity contribution < 1.29 is 19.4 Å². The molecule has 0 atom stereocenters. The average molecular weight is 450 g/mol.